The van der Waals surface area contributed by atoms with Crippen LogP contribution in [0.1, 0.15) is 26.3 Å². The smallest absolute Gasteiger partial charge is 0.154 e. The highest BCUT2D eigenvalue weighted by molar-refractivity contribution is 5.86. The van der Waals surface area contributed by atoms with E-state index in [4.69, 9.17) is 0 Å². The summed E-state index contributed by atoms with van der Waals surface area (Å²) in [5.41, 5.74) is 2.25. The Balaban J connectivity index is 2.97. The molecule has 0 bridgehead atoms. The number of pyridine rings is 1. The predicted molar refractivity (Wildman–Crippen MR) is 56.6 cm³/mol. The fourth-order valence-corrected chi connectivity index (χ4v) is 0.891. The zero-order valence-corrected chi connectivity index (χ0v) is 8.70. The van der Waals surface area contributed by atoms with Crippen molar-refractivity contribution in [1.82, 2.24) is 4.98 Å². The second-order valence-corrected chi connectivity index (χ2v) is 3.55. The first-order valence-corrected chi connectivity index (χ1v) is 4.58. The highest BCUT2D eigenvalue weighted by Crippen LogP contribution is 2.14. The summed E-state index contributed by atoms with van der Waals surface area (Å²) in [5.74, 6) is 1.33. The van der Waals surface area contributed by atoms with Gasteiger partial charge in [-0.15, -0.1) is 0 Å². The highest BCUT2D eigenvalue weighted by atomic mass is 14.9. The van der Waals surface area contributed by atoms with Crippen LogP contribution in [-0.4, -0.2) is 10.7 Å². The van der Waals surface area contributed by atoms with Crippen LogP contribution in [-0.2, 0) is 0 Å². The molecule has 0 unspecified atom stereocenters. The normalized spacial score (nSPS) is 12.2. The predicted octanol–water partition coefficient (Wildman–Crippen LogP) is 3.14. The Bertz CT molecular complexity index is 314. The number of aliphatic imine (C=N–C) groups is 1. The van der Waals surface area contributed by atoms with Crippen molar-refractivity contribution in [3.63, 3.8) is 0 Å². The summed E-state index contributed by atoms with van der Waals surface area (Å²) in [6.07, 6.45) is 1.78. The van der Waals surface area contributed by atoms with Crippen LogP contribution in [0.5, 0.6) is 0 Å². The van der Waals surface area contributed by atoms with Crippen molar-refractivity contribution in [2.24, 2.45) is 10.9 Å². The number of aryl methyl sites for hydroxylation is 1. The largest absolute Gasteiger partial charge is 0.238 e. The molecule has 0 saturated heterocycles. The Morgan fingerprint density at radius 2 is 2.15 bits per heavy atom. The summed E-state index contributed by atoms with van der Waals surface area (Å²) in [6.45, 7) is 8.34. The van der Waals surface area contributed by atoms with Crippen LogP contribution in [0, 0.1) is 12.8 Å². The molecule has 0 radical (unpaired) electrons. The van der Waals surface area contributed by atoms with Gasteiger partial charge < -0.3 is 0 Å². The molecular weight excluding hydrogens is 160 g/mol. The van der Waals surface area contributed by atoms with E-state index in [0.717, 1.165) is 17.1 Å². The summed E-state index contributed by atoms with van der Waals surface area (Å²) >= 11 is 0. The Hall–Kier alpha value is -1.18. The standard InChI is InChI=1S/C11H16N2/c1-8(2)10(4)13-11-9(3)6-5-7-12-11/h5-8H,1-4H3/b13-10-. The summed E-state index contributed by atoms with van der Waals surface area (Å²) in [4.78, 5) is 8.68. The molecule has 13 heavy (non-hydrogen) atoms. The van der Waals surface area contributed by atoms with Gasteiger partial charge in [-0.05, 0) is 31.4 Å². The molecule has 2 nitrogen and oxygen atoms in total. The van der Waals surface area contributed by atoms with Gasteiger partial charge in [0.1, 0.15) is 0 Å². The van der Waals surface area contributed by atoms with Crippen LogP contribution in [0.2, 0.25) is 0 Å². The lowest BCUT2D eigenvalue weighted by molar-refractivity contribution is 0.877. The molecule has 0 aromatic carbocycles. The minimum atomic E-state index is 0.487. The van der Waals surface area contributed by atoms with Crippen LogP contribution in [0.15, 0.2) is 23.3 Å². The van der Waals surface area contributed by atoms with Gasteiger partial charge in [-0.1, -0.05) is 19.9 Å². The quantitative estimate of drug-likeness (QED) is 0.635. The van der Waals surface area contributed by atoms with Crippen molar-refractivity contribution < 1.29 is 0 Å². The molecular formula is C11H16N2. The molecule has 0 aliphatic carbocycles. The molecule has 0 aliphatic rings. The van der Waals surface area contributed by atoms with Gasteiger partial charge in [0, 0.05) is 11.9 Å². The molecule has 2 heteroatoms. The molecule has 0 N–H and O–H groups in total. The fraction of sp³-hybridized carbons (Fsp3) is 0.455. The molecule has 1 aromatic rings. The van der Waals surface area contributed by atoms with Gasteiger partial charge in [0.25, 0.3) is 0 Å². The number of nitrogens with zero attached hydrogens (tertiary/aromatic N) is 2. The first-order chi connectivity index (χ1) is 6.11. The fourth-order valence-electron chi connectivity index (χ4n) is 0.891. The van der Waals surface area contributed by atoms with E-state index >= 15 is 0 Å². The number of rotatable bonds is 2. The molecule has 1 aromatic heterocycles. The maximum atomic E-state index is 4.46. The number of hydrogen-bond donors (Lipinski definition) is 0. The molecule has 0 saturated carbocycles. The van der Waals surface area contributed by atoms with E-state index in [1.807, 2.05) is 26.0 Å². The average molecular weight is 176 g/mol. The van der Waals surface area contributed by atoms with E-state index in [9.17, 15) is 0 Å². The van der Waals surface area contributed by atoms with Crippen LogP contribution in [0.25, 0.3) is 0 Å². The molecule has 0 atom stereocenters. The third kappa shape index (κ3) is 2.65. The van der Waals surface area contributed by atoms with E-state index in [1.165, 1.54) is 0 Å². The van der Waals surface area contributed by atoms with Crippen molar-refractivity contribution in [3.05, 3.63) is 23.9 Å². The van der Waals surface area contributed by atoms with Crippen molar-refractivity contribution in [3.8, 4) is 0 Å². The van der Waals surface area contributed by atoms with Gasteiger partial charge in [0.2, 0.25) is 0 Å². The van der Waals surface area contributed by atoms with Gasteiger partial charge >= 0.3 is 0 Å². The van der Waals surface area contributed by atoms with Crippen molar-refractivity contribution in [2.75, 3.05) is 0 Å². The summed E-state index contributed by atoms with van der Waals surface area (Å²) in [5, 5.41) is 0. The Morgan fingerprint density at radius 1 is 1.46 bits per heavy atom. The van der Waals surface area contributed by atoms with Crippen LogP contribution < -0.4 is 0 Å². The first kappa shape index (κ1) is 9.90. The lowest BCUT2D eigenvalue weighted by Gasteiger charge is -2.04. The van der Waals surface area contributed by atoms with Gasteiger partial charge in [0.05, 0.1) is 0 Å². The van der Waals surface area contributed by atoms with Crippen molar-refractivity contribution in [2.45, 2.75) is 27.7 Å². The average Bonchev–Trinajstić information content (AvgIpc) is 2.08. The minimum Gasteiger partial charge on any atom is -0.238 e. The van der Waals surface area contributed by atoms with Crippen LogP contribution in [0.3, 0.4) is 0 Å². The Kier molecular flexibility index (Phi) is 3.18. The van der Waals surface area contributed by atoms with Gasteiger partial charge in [-0.3, -0.25) is 0 Å². The van der Waals surface area contributed by atoms with Crippen molar-refractivity contribution >= 4 is 11.5 Å². The molecule has 1 heterocycles. The zero-order valence-electron chi connectivity index (χ0n) is 8.70. The third-order valence-electron chi connectivity index (χ3n) is 2.10. The SMILES string of the molecule is C/C(=N/c1ncccc1C)C(C)C. The molecule has 0 aliphatic heterocycles. The van der Waals surface area contributed by atoms with E-state index in [0.29, 0.717) is 5.92 Å². The summed E-state index contributed by atoms with van der Waals surface area (Å²) in [7, 11) is 0. The van der Waals surface area contributed by atoms with Crippen LogP contribution >= 0.6 is 0 Å². The lowest BCUT2D eigenvalue weighted by atomic mass is 10.1. The molecule has 1 rings (SSSR count). The van der Waals surface area contributed by atoms with Gasteiger partial charge in [0.15, 0.2) is 5.82 Å². The second kappa shape index (κ2) is 4.17. The van der Waals surface area contributed by atoms with Gasteiger partial charge in [-0.2, -0.15) is 0 Å². The van der Waals surface area contributed by atoms with E-state index in [-0.39, 0.29) is 0 Å². The minimum absolute atomic E-state index is 0.487. The van der Waals surface area contributed by atoms with Crippen LogP contribution in [0.4, 0.5) is 5.82 Å². The maximum Gasteiger partial charge on any atom is 0.154 e. The Morgan fingerprint density at radius 3 is 2.69 bits per heavy atom. The molecule has 70 valence electrons. The number of aromatic nitrogens is 1. The molecule has 0 fully saturated rings. The number of hydrogen-bond acceptors (Lipinski definition) is 2. The summed E-state index contributed by atoms with van der Waals surface area (Å²) in [6, 6.07) is 3.96. The van der Waals surface area contributed by atoms with Crippen molar-refractivity contribution in [1.29, 1.82) is 0 Å². The first-order valence-electron chi connectivity index (χ1n) is 4.58. The second-order valence-electron chi connectivity index (χ2n) is 3.55. The van der Waals surface area contributed by atoms with E-state index in [1.54, 1.807) is 6.20 Å². The Labute approximate surface area is 79.7 Å². The highest BCUT2D eigenvalue weighted by Gasteiger charge is 2.00. The lowest BCUT2D eigenvalue weighted by Crippen LogP contribution is -2.01. The molecule has 0 spiro atoms. The van der Waals surface area contributed by atoms with Gasteiger partial charge in [-0.25, -0.2) is 9.98 Å². The maximum absolute atomic E-state index is 4.46. The summed E-state index contributed by atoms with van der Waals surface area (Å²) < 4.78 is 0. The van der Waals surface area contributed by atoms with E-state index < -0.39 is 0 Å². The monoisotopic (exact) mass is 176 g/mol. The molecule has 0 amide bonds. The van der Waals surface area contributed by atoms with E-state index in [2.05, 4.69) is 23.8 Å². The zero-order chi connectivity index (χ0) is 9.84. The third-order valence-corrected chi connectivity index (χ3v) is 2.10. The topological polar surface area (TPSA) is 25.2 Å².